The molecule has 4 aliphatic rings. The van der Waals surface area contributed by atoms with E-state index in [-0.39, 0.29) is 40.8 Å². The number of hydrogen-bond acceptors (Lipinski definition) is 6. The van der Waals surface area contributed by atoms with Crippen LogP contribution in [0.2, 0.25) is 0 Å². The Kier molecular flexibility index (Phi) is 5.97. The summed E-state index contributed by atoms with van der Waals surface area (Å²) in [5.41, 5.74) is -1.64. The van der Waals surface area contributed by atoms with Gasteiger partial charge in [0.05, 0.1) is 12.5 Å². The quantitative estimate of drug-likeness (QED) is 0.620. The number of carbonyl (C=O) groups excluding carboxylic acids is 3. The number of aliphatic hydroxyl groups excluding tert-OH is 1. The zero-order valence-corrected chi connectivity index (χ0v) is 20.8. The third-order valence-corrected chi connectivity index (χ3v) is 9.55. The minimum absolute atomic E-state index is 0.0331. The van der Waals surface area contributed by atoms with E-state index < -0.39 is 35.5 Å². The van der Waals surface area contributed by atoms with Crippen molar-refractivity contribution in [2.24, 2.45) is 34.0 Å². The molecule has 0 aromatic heterocycles. The summed E-state index contributed by atoms with van der Waals surface area (Å²) in [6.07, 6.45) is 5.72. The van der Waals surface area contributed by atoms with E-state index in [4.69, 9.17) is 4.74 Å². The monoisotopic (exact) mass is 460 g/mol. The fraction of sp³-hybridized carbons (Fsp3) is 0.815. The largest absolute Gasteiger partial charge is 0.458 e. The van der Waals surface area contributed by atoms with E-state index in [9.17, 15) is 24.6 Å². The number of fused-ring (bicyclic) bond motifs is 5. The molecule has 4 aliphatic carbocycles. The third kappa shape index (κ3) is 3.91. The number of carbonyl (C=O) groups is 3. The Hall–Kier alpha value is -1.53. The molecule has 33 heavy (non-hydrogen) atoms. The second-order valence-electron chi connectivity index (χ2n) is 12.8. The summed E-state index contributed by atoms with van der Waals surface area (Å²) >= 11 is 0. The predicted octanol–water partition coefficient (Wildman–Crippen LogP) is 3.77. The first-order valence-corrected chi connectivity index (χ1v) is 12.5. The standard InChI is InChI=1S/C27H40O6/c1-24(2,3)14-22(31)33-15-21(30)27(32)11-9-19-18-7-6-16-12-17(28)8-10-25(16,4)23(18)20(29)13-26(19,27)5/h12,18-20,23,29,32H,6-11,13-15H2,1-5H3. The second-order valence-corrected chi connectivity index (χ2v) is 12.8. The van der Waals surface area contributed by atoms with Gasteiger partial charge in [0.2, 0.25) is 5.78 Å². The van der Waals surface area contributed by atoms with Gasteiger partial charge in [-0.15, -0.1) is 0 Å². The highest BCUT2D eigenvalue weighted by atomic mass is 16.5. The van der Waals surface area contributed by atoms with Crippen LogP contribution in [0, 0.1) is 34.0 Å². The number of allylic oxidation sites excluding steroid dienone is 1. The molecule has 0 aromatic carbocycles. The van der Waals surface area contributed by atoms with Gasteiger partial charge < -0.3 is 14.9 Å². The number of esters is 1. The fourth-order valence-electron chi connectivity index (χ4n) is 7.90. The lowest BCUT2D eigenvalue weighted by Gasteiger charge is -2.60. The molecule has 6 heteroatoms. The van der Waals surface area contributed by atoms with Crippen LogP contribution in [0.4, 0.5) is 0 Å². The first-order valence-electron chi connectivity index (χ1n) is 12.5. The molecule has 0 heterocycles. The van der Waals surface area contributed by atoms with E-state index >= 15 is 0 Å². The maximum atomic E-state index is 13.2. The van der Waals surface area contributed by atoms with Crippen molar-refractivity contribution >= 4 is 17.5 Å². The second kappa shape index (κ2) is 8.01. The number of ketones is 2. The van der Waals surface area contributed by atoms with Crippen molar-refractivity contribution in [1.29, 1.82) is 0 Å². The molecule has 7 unspecified atom stereocenters. The maximum Gasteiger partial charge on any atom is 0.306 e. The van der Waals surface area contributed by atoms with Gasteiger partial charge in [0, 0.05) is 11.8 Å². The van der Waals surface area contributed by atoms with Crippen LogP contribution in [0.15, 0.2) is 11.6 Å². The molecule has 0 saturated heterocycles. The lowest BCUT2D eigenvalue weighted by molar-refractivity contribution is -0.184. The molecule has 0 aliphatic heterocycles. The summed E-state index contributed by atoms with van der Waals surface area (Å²) in [5.74, 6) is -0.371. The number of hydrogen-bond donors (Lipinski definition) is 2. The molecule has 184 valence electrons. The number of ether oxygens (including phenoxy) is 1. The van der Waals surface area contributed by atoms with E-state index in [2.05, 4.69) is 6.92 Å². The molecule has 3 fully saturated rings. The Morgan fingerprint density at radius 1 is 1.15 bits per heavy atom. The van der Waals surface area contributed by atoms with Gasteiger partial charge in [-0.2, -0.15) is 0 Å². The van der Waals surface area contributed by atoms with Crippen molar-refractivity contribution < 1.29 is 29.3 Å². The SMILES string of the molecule is CC(C)(C)CC(=O)OCC(=O)C1(O)CCC2C3CCC4=CC(=O)CCC4(C)C3C(O)CC21C. The van der Waals surface area contributed by atoms with Gasteiger partial charge in [0.15, 0.2) is 12.4 Å². The van der Waals surface area contributed by atoms with Gasteiger partial charge in [0.25, 0.3) is 0 Å². The summed E-state index contributed by atoms with van der Waals surface area (Å²) in [5, 5.41) is 23.1. The van der Waals surface area contributed by atoms with Gasteiger partial charge in [-0.05, 0) is 73.2 Å². The molecule has 3 saturated carbocycles. The van der Waals surface area contributed by atoms with Crippen molar-refractivity contribution in [2.45, 2.75) is 97.7 Å². The summed E-state index contributed by atoms with van der Waals surface area (Å²) in [7, 11) is 0. The van der Waals surface area contributed by atoms with Gasteiger partial charge in [0.1, 0.15) is 5.60 Å². The molecule has 4 rings (SSSR count). The lowest BCUT2D eigenvalue weighted by atomic mass is 9.45. The molecule has 0 aromatic rings. The summed E-state index contributed by atoms with van der Waals surface area (Å²) in [4.78, 5) is 37.4. The van der Waals surface area contributed by atoms with Crippen LogP contribution in [0.1, 0.15) is 86.0 Å². The molecule has 0 bridgehead atoms. The van der Waals surface area contributed by atoms with Crippen molar-refractivity contribution in [3.05, 3.63) is 11.6 Å². The van der Waals surface area contributed by atoms with Crippen LogP contribution in [-0.2, 0) is 19.1 Å². The molecule has 7 atom stereocenters. The molecule has 0 radical (unpaired) electrons. The minimum Gasteiger partial charge on any atom is -0.458 e. The number of aliphatic hydroxyl groups is 2. The third-order valence-electron chi connectivity index (χ3n) is 9.55. The summed E-state index contributed by atoms with van der Waals surface area (Å²) in [6.45, 7) is 9.50. The van der Waals surface area contributed by atoms with Crippen LogP contribution in [0.3, 0.4) is 0 Å². The zero-order chi connectivity index (χ0) is 24.4. The van der Waals surface area contributed by atoms with Gasteiger partial charge >= 0.3 is 5.97 Å². The van der Waals surface area contributed by atoms with Gasteiger partial charge in [-0.25, -0.2) is 0 Å². The highest BCUT2D eigenvalue weighted by molar-refractivity contribution is 5.92. The van der Waals surface area contributed by atoms with Crippen molar-refractivity contribution in [1.82, 2.24) is 0 Å². The average Bonchev–Trinajstić information content (AvgIpc) is 2.96. The van der Waals surface area contributed by atoms with Crippen LogP contribution in [-0.4, -0.2) is 46.1 Å². The summed E-state index contributed by atoms with van der Waals surface area (Å²) in [6, 6.07) is 0. The fourth-order valence-corrected chi connectivity index (χ4v) is 7.90. The van der Waals surface area contributed by atoms with Crippen LogP contribution in [0.5, 0.6) is 0 Å². The average molecular weight is 461 g/mol. The van der Waals surface area contributed by atoms with Gasteiger partial charge in [-0.1, -0.05) is 40.2 Å². The van der Waals surface area contributed by atoms with Crippen molar-refractivity contribution in [2.75, 3.05) is 6.61 Å². The molecular weight excluding hydrogens is 420 g/mol. The predicted molar refractivity (Wildman–Crippen MR) is 123 cm³/mol. The highest BCUT2D eigenvalue weighted by Gasteiger charge is 2.68. The van der Waals surface area contributed by atoms with Crippen molar-refractivity contribution in [3.63, 3.8) is 0 Å². The van der Waals surface area contributed by atoms with E-state index in [1.165, 1.54) is 0 Å². The Morgan fingerprint density at radius 2 is 1.85 bits per heavy atom. The molecule has 2 N–H and O–H groups in total. The molecule has 6 nitrogen and oxygen atoms in total. The maximum absolute atomic E-state index is 13.2. The first-order chi connectivity index (χ1) is 15.2. The Balaban J connectivity index is 1.55. The molecular formula is C27H40O6. The van der Waals surface area contributed by atoms with Gasteiger partial charge in [-0.3, -0.25) is 14.4 Å². The Labute approximate surface area is 197 Å². The molecule has 0 amide bonds. The Morgan fingerprint density at radius 3 is 2.52 bits per heavy atom. The Bertz CT molecular complexity index is 884. The van der Waals surface area contributed by atoms with Crippen LogP contribution in [0.25, 0.3) is 0 Å². The van der Waals surface area contributed by atoms with E-state index in [0.717, 1.165) is 31.3 Å². The smallest absolute Gasteiger partial charge is 0.306 e. The minimum atomic E-state index is -1.61. The summed E-state index contributed by atoms with van der Waals surface area (Å²) < 4.78 is 5.26. The van der Waals surface area contributed by atoms with Crippen LogP contribution < -0.4 is 0 Å². The highest BCUT2D eigenvalue weighted by Crippen LogP contribution is 2.67. The van der Waals surface area contributed by atoms with E-state index in [1.54, 1.807) is 6.08 Å². The zero-order valence-electron chi connectivity index (χ0n) is 20.8. The molecule has 0 spiro atoms. The van der Waals surface area contributed by atoms with E-state index in [0.29, 0.717) is 19.3 Å². The normalized spacial score (nSPS) is 42.6. The van der Waals surface area contributed by atoms with Crippen LogP contribution >= 0.6 is 0 Å². The topological polar surface area (TPSA) is 101 Å². The number of rotatable bonds is 4. The lowest BCUT2D eigenvalue weighted by Crippen LogP contribution is -2.62. The van der Waals surface area contributed by atoms with E-state index in [1.807, 2.05) is 27.7 Å². The number of Topliss-reactive ketones (excluding diaryl/α,β-unsaturated/α-hetero) is 1. The first kappa shape index (κ1) is 24.6. The van der Waals surface area contributed by atoms with Crippen molar-refractivity contribution in [3.8, 4) is 0 Å².